The highest BCUT2D eigenvalue weighted by Gasteiger charge is 2.12. The first-order valence-electron chi connectivity index (χ1n) is 8.14. The lowest BCUT2D eigenvalue weighted by Crippen LogP contribution is -2.03. The molecule has 1 aromatic heterocycles. The zero-order chi connectivity index (χ0) is 17.1. The predicted octanol–water partition coefficient (Wildman–Crippen LogP) is 4.87. The first-order valence-corrected chi connectivity index (χ1v) is 8.14. The number of nitrogens with zero attached hydrogens (tertiary/aromatic N) is 2. The van der Waals surface area contributed by atoms with Gasteiger partial charge < -0.3 is 11.1 Å². The second-order valence-corrected chi connectivity index (χ2v) is 5.74. The van der Waals surface area contributed by atoms with Crippen molar-refractivity contribution in [3.8, 4) is 16.9 Å². The van der Waals surface area contributed by atoms with Gasteiger partial charge in [0.05, 0.1) is 22.8 Å². The van der Waals surface area contributed by atoms with Crippen LogP contribution in [0.25, 0.3) is 16.9 Å². The van der Waals surface area contributed by atoms with E-state index in [4.69, 9.17) is 10.8 Å². The van der Waals surface area contributed by atoms with E-state index < -0.39 is 0 Å². The Morgan fingerprint density at radius 2 is 1.40 bits per heavy atom. The van der Waals surface area contributed by atoms with Crippen molar-refractivity contribution >= 4 is 17.2 Å². The monoisotopic (exact) mass is 326 g/mol. The Morgan fingerprint density at radius 1 is 0.760 bits per heavy atom. The predicted molar refractivity (Wildman–Crippen MR) is 103 cm³/mol. The molecule has 0 unspecified atom stereocenters. The number of hydrogen-bond acceptors (Lipinski definition) is 3. The van der Waals surface area contributed by atoms with Crippen molar-refractivity contribution in [3.63, 3.8) is 0 Å². The highest BCUT2D eigenvalue weighted by molar-refractivity contribution is 5.74. The molecule has 4 heteroatoms. The average molecular weight is 326 g/mol. The molecule has 4 rings (SSSR count). The summed E-state index contributed by atoms with van der Waals surface area (Å²) in [7, 11) is 0. The molecule has 4 aromatic rings. The van der Waals surface area contributed by atoms with Gasteiger partial charge in [-0.25, -0.2) is 4.68 Å². The van der Waals surface area contributed by atoms with Crippen molar-refractivity contribution in [3.05, 3.63) is 91.0 Å². The number of aromatic nitrogens is 2. The first kappa shape index (κ1) is 15.0. The number of benzene rings is 3. The fraction of sp³-hybridized carbons (Fsp3) is 0. The normalized spacial score (nSPS) is 10.6. The maximum absolute atomic E-state index is 6.08. The summed E-state index contributed by atoms with van der Waals surface area (Å²) in [4.78, 5) is 0. The number of hydrogen-bond donors (Lipinski definition) is 2. The number of para-hydroxylation sites is 3. The van der Waals surface area contributed by atoms with Gasteiger partial charge in [0.25, 0.3) is 0 Å². The maximum Gasteiger partial charge on any atom is 0.134 e. The maximum atomic E-state index is 6.08. The minimum absolute atomic E-state index is 0.699. The van der Waals surface area contributed by atoms with E-state index in [0.717, 1.165) is 28.5 Å². The van der Waals surface area contributed by atoms with Gasteiger partial charge in [-0.15, -0.1) is 0 Å². The molecule has 0 aliphatic rings. The van der Waals surface area contributed by atoms with Crippen LogP contribution in [0.15, 0.2) is 91.0 Å². The Morgan fingerprint density at radius 3 is 2.12 bits per heavy atom. The van der Waals surface area contributed by atoms with Gasteiger partial charge >= 0.3 is 0 Å². The van der Waals surface area contributed by atoms with E-state index in [1.165, 1.54) is 0 Å². The van der Waals surface area contributed by atoms with E-state index in [9.17, 15) is 0 Å². The largest absolute Gasteiger partial charge is 0.397 e. The number of nitrogen functional groups attached to an aromatic ring is 1. The number of nitrogens with two attached hydrogens (primary N) is 1. The van der Waals surface area contributed by atoms with Crippen LogP contribution in [0.4, 0.5) is 17.2 Å². The van der Waals surface area contributed by atoms with Crippen molar-refractivity contribution in [1.29, 1.82) is 0 Å². The van der Waals surface area contributed by atoms with Crippen molar-refractivity contribution in [2.45, 2.75) is 0 Å². The summed E-state index contributed by atoms with van der Waals surface area (Å²) in [6.07, 6.45) is 0. The van der Waals surface area contributed by atoms with Crippen LogP contribution in [0, 0.1) is 0 Å². The molecule has 3 N–H and O–H groups in total. The molecule has 0 spiro atoms. The van der Waals surface area contributed by atoms with Crippen molar-refractivity contribution in [2.75, 3.05) is 11.1 Å². The topological polar surface area (TPSA) is 55.9 Å². The molecular formula is C21H18N4. The van der Waals surface area contributed by atoms with Crippen LogP contribution in [-0.4, -0.2) is 9.78 Å². The van der Waals surface area contributed by atoms with Crippen LogP contribution >= 0.6 is 0 Å². The van der Waals surface area contributed by atoms with Crippen LogP contribution in [0.5, 0.6) is 0 Å². The molecule has 4 nitrogen and oxygen atoms in total. The Labute approximate surface area is 146 Å². The standard InChI is InChI=1S/C21H18N4/c22-18-13-7-8-14-19(18)23-21-15-20(16-9-3-1-4-10-16)24-25(21)17-11-5-2-6-12-17/h1-15,23H,22H2. The second-order valence-electron chi connectivity index (χ2n) is 5.74. The SMILES string of the molecule is Nc1ccccc1Nc1cc(-c2ccccc2)nn1-c1ccccc1. The summed E-state index contributed by atoms with van der Waals surface area (Å²) < 4.78 is 1.90. The fourth-order valence-electron chi connectivity index (χ4n) is 2.73. The summed E-state index contributed by atoms with van der Waals surface area (Å²) in [5.41, 5.74) is 10.6. The Kier molecular flexibility index (Phi) is 3.92. The van der Waals surface area contributed by atoms with E-state index in [-0.39, 0.29) is 0 Å². The van der Waals surface area contributed by atoms with Gasteiger partial charge in [-0.05, 0) is 24.3 Å². The zero-order valence-corrected chi connectivity index (χ0v) is 13.6. The van der Waals surface area contributed by atoms with Crippen molar-refractivity contribution < 1.29 is 0 Å². The lowest BCUT2D eigenvalue weighted by molar-refractivity contribution is 0.892. The molecule has 25 heavy (non-hydrogen) atoms. The lowest BCUT2D eigenvalue weighted by atomic mass is 10.1. The second kappa shape index (κ2) is 6.53. The van der Waals surface area contributed by atoms with E-state index in [1.54, 1.807) is 0 Å². The summed E-state index contributed by atoms with van der Waals surface area (Å²) in [6, 6.07) is 29.9. The van der Waals surface area contributed by atoms with E-state index in [0.29, 0.717) is 5.69 Å². The quantitative estimate of drug-likeness (QED) is 0.526. The van der Waals surface area contributed by atoms with Gasteiger partial charge in [-0.2, -0.15) is 5.10 Å². The van der Waals surface area contributed by atoms with E-state index in [2.05, 4.69) is 17.4 Å². The van der Waals surface area contributed by atoms with Crippen molar-refractivity contribution in [2.24, 2.45) is 0 Å². The summed E-state index contributed by atoms with van der Waals surface area (Å²) >= 11 is 0. The van der Waals surface area contributed by atoms with E-state index in [1.807, 2.05) is 83.5 Å². The molecule has 0 saturated carbocycles. The Hall–Kier alpha value is -3.53. The van der Waals surface area contributed by atoms with Crippen LogP contribution in [0.3, 0.4) is 0 Å². The third kappa shape index (κ3) is 3.10. The van der Waals surface area contributed by atoms with Gasteiger partial charge in [0.15, 0.2) is 0 Å². The van der Waals surface area contributed by atoms with Crippen LogP contribution < -0.4 is 11.1 Å². The summed E-state index contributed by atoms with van der Waals surface area (Å²) in [5.74, 6) is 0.864. The lowest BCUT2D eigenvalue weighted by Gasteiger charge is -2.11. The highest BCUT2D eigenvalue weighted by atomic mass is 15.3. The molecule has 3 aromatic carbocycles. The molecule has 0 saturated heterocycles. The third-order valence-electron chi connectivity index (χ3n) is 4.00. The molecule has 0 bridgehead atoms. The minimum Gasteiger partial charge on any atom is -0.397 e. The third-order valence-corrected chi connectivity index (χ3v) is 4.00. The first-order chi connectivity index (χ1) is 12.3. The molecule has 0 aliphatic heterocycles. The Bertz CT molecular complexity index is 975. The average Bonchev–Trinajstić information content (AvgIpc) is 3.09. The smallest absolute Gasteiger partial charge is 0.134 e. The molecule has 0 atom stereocenters. The zero-order valence-electron chi connectivity index (χ0n) is 13.6. The van der Waals surface area contributed by atoms with Crippen LogP contribution in [0.2, 0.25) is 0 Å². The highest BCUT2D eigenvalue weighted by Crippen LogP contribution is 2.28. The fourth-order valence-corrected chi connectivity index (χ4v) is 2.73. The summed E-state index contributed by atoms with van der Waals surface area (Å²) in [5, 5.41) is 8.19. The molecule has 0 amide bonds. The van der Waals surface area contributed by atoms with Gasteiger partial charge in [-0.1, -0.05) is 60.7 Å². The molecule has 0 aliphatic carbocycles. The van der Waals surface area contributed by atoms with E-state index >= 15 is 0 Å². The molecular weight excluding hydrogens is 308 g/mol. The van der Waals surface area contributed by atoms with Gasteiger partial charge in [0.2, 0.25) is 0 Å². The molecule has 1 heterocycles. The number of rotatable bonds is 4. The van der Waals surface area contributed by atoms with Crippen LogP contribution in [-0.2, 0) is 0 Å². The van der Waals surface area contributed by atoms with Gasteiger partial charge in [0.1, 0.15) is 5.82 Å². The number of anilines is 3. The minimum atomic E-state index is 0.699. The van der Waals surface area contributed by atoms with Crippen LogP contribution in [0.1, 0.15) is 0 Å². The summed E-state index contributed by atoms with van der Waals surface area (Å²) in [6.45, 7) is 0. The van der Waals surface area contributed by atoms with Gasteiger partial charge in [-0.3, -0.25) is 0 Å². The number of nitrogens with one attached hydrogen (secondary N) is 1. The molecule has 0 radical (unpaired) electrons. The molecule has 0 fully saturated rings. The van der Waals surface area contributed by atoms with Gasteiger partial charge in [0, 0.05) is 11.6 Å². The van der Waals surface area contributed by atoms with Crippen molar-refractivity contribution in [1.82, 2.24) is 9.78 Å². The Balaban J connectivity index is 1.81. The molecule has 122 valence electrons.